The molecule has 5 rings (SSSR count). The fraction of sp³-hybridized carbons (Fsp3) is 0.0833. The molecule has 0 radical (unpaired) electrons. The minimum absolute atomic E-state index is 0.243. The predicted molar refractivity (Wildman–Crippen MR) is 124 cm³/mol. The normalized spacial score (nSPS) is 10.9. The molecular weight excluding hydrogens is 426 g/mol. The van der Waals surface area contributed by atoms with E-state index in [-0.39, 0.29) is 5.89 Å². The van der Waals surface area contributed by atoms with Crippen LogP contribution in [0.4, 0.5) is 5.82 Å². The molecule has 32 heavy (non-hydrogen) atoms. The van der Waals surface area contributed by atoms with Gasteiger partial charge in [0.05, 0.1) is 12.6 Å². The summed E-state index contributed by atoms with van der Waals surface area (Å²) in [6, 6.07) is 22.8. The van der Waals surface area contributed by atoms with Gasteiger partial charge in [0.15, 0.2) is 0 Å². The fourth-order valence-electron chi connectivity index (χ4n) is 3.30. The molecule has 7 nitrogen and oxygen atoms in total. The third kappa shape index (κ3) is 4.10. The summed E-state index contributed by atoms with van der Waals surface area (Å²) in [5.74, 6) is 2.40. The lowest BCUT2D eigenvalue weighted by Gasteiger charge is -2.10. The summed E-state index contributed by atoms with van der Waals surface area (Å²) in [4.78, 5) is 9.29. The zero-order chi connectivity index (χ0) is 21.9. The van der Waals surface area contributed by atoms with E-state index in [4.69, 9.17) is 20.8 Å². The van der Waals surface area contributed by atoms with Crippen LogP contribution in [0.5, 0.6) is 5.75 Å². The number of aromatic nitrogens is 4. The average molecular weight is 444 g/mol. The largest absolute Gasteiger partial charge is 0.497 e. The van der Waals surface area contributed by atoms with Gasteiger partial charge in [-0.2, -0.15) is 0 Å². The zero-order valence-corrected chi connectivity index (χ0v) is 17.9. The zero-order valence-electron chi connectivity index (χ0n) is 17.1. The second-order valence-electron chi connectivity index (χ2n) is 7.04. The van der Waals surface area contributed by atoms with Crippen LogP contribution in [0.15, 0.2) is 77.2 Å². The third-order valence-electron chi connectivity index (χ3n) is 4.91. The highest BCUT2D eigenvalue weighted by atomic mass is 35.5. The minimum Gasteiger partial charge on any atom is -0.497 e. The van der Waals surface area contributed by atoms with Crippen LogP contribution in [0.25, 0.3) is 34.1 Å². The molecule has 0 atom stereocenters. The van der Waals surface area contributed by atoms with Gasteiger partial charge in [-0.3, -0.25) is 0 Å². The van der Waals surface area contributed by atoms with E-state index < -0.39 is 0 Å². The standard InChI is InChI=1S/C24H18ClN5O2/c1-31-18-11-9-16(10-12-18)23-29-30-24(32-23)22-27-20-8-3-2-7-19(20)21(28-22)26-14-15-5-4-6-17(25)13-15/h2-13H,14H2,1H3,(H,26,27,28). The first-order chi connectivity index (χ1) is 15.7. The van der Waals surface area contributed by atoms with Crippen LogP contribution in [0.2, 0.25) is 5.02 Å². The van der Waals surface area contributed by atoms with Crippen molar-refractivity contribution >= 4 is 28.3 Å². The number of halogens is 1. The number of hydrogen-bond acceptors (Lipinski definition) is 7. The monoisotopic (exact) mass is 443 g/mol. The van der Waals surface area contributed by atoms with Crippen molar-refractivity contribution in [2.24, 2.45) is 0 Å². The average Bonchev–Trinajstić information content (AvgIpc) is 3.33. The molecule has 2 heterocycles. The Hall–Kier alpha value is -3.97. The van der Waals surface area contributed by atoms with Gasteiger partial charge in [-0.15, -0.1) is 10.2 Å². The third-order valence-corrected chi connectivity index (χ3v) is 5.14. The van der Waals surface area contributed by atoms with Crippen LogP contribution in [-0.4, -0.2) is 27.3 Å². The maximum Gasteiger partial charge on any atom is 0.286 e. The highest BCUT2D eigenvalue weighted by Gasteiger charge is 2.16. The van der Waals surface area contributed by atoms with Gasteiger partial charge in [-0.1, -0.05) is 35.9 Å². The lowest BCUT2D eigenvalue weighted by Crippen LogP contribution is -2.04. The Kier molecular flexibility index (Phi) is 5.39. The number of nitrogens with zero attached hydrogens (tertiary/aromatic N) is 4. The predicted octanol–water partition coefficient (Wildman–Crippen LogP) is 5.62. The number of fused-ring (bicyclic) bond motifs is 1. The van der Waals surface area contributed by atoms with E-state index in [1.807, 2.05) is 72.8 Å². The van der Waals surface area contributed by atoms with E-state index in [9.17, 15) is 0 Å². The Labute approximate surface area is 189 Å². The van der Waals surface area contributed by atoms with Gasteiger partial charge in [0.1, 0.15) is 11.6 Å². The summed E-state index contributed by atoms with van der Waals surface area (Å²) in [7, 11) is 1.62. The second-order valence-corrected chi connectivity index (χ2v) is 7.47. The number of rotatable bonds is 6. The van der Waals surface area contributed by atoms with Gasteiger partial charge in [0, 0.05) is 22.5 Å². The molecule has 0 aliphatic rings. The SMILES string of the molecule is COc1ccc(-c2nnc(-c3nc(NCc4cccc(Cl)c4)c4ccccc4n3)o2)cc1. The summed E-state index contributed by atoms with van der Waals surface area (Å²) in [5, 5.41) is 13.3. The van der Waals surface area contributed by atoms with E-state index >= 15 is 0 Å². The first-order valence-corrected chi connectivity index (χ1v) is 10.3. The number of ether oxygens (including phenoxy) is 1. The van der Waals surface area contributed by atoms with Crippen molar-refractivity contribution in [3.63, 3.8) is 0 Å². The molecular formula is C24H18ClN5O2. The van der Waals surface area contributed by atoms with Crippen LogP contribution in [-0.2, 0) is 6.54 Å². The highest BCUT2D eigenvalue weighted by molar-refractivity contribution is 6.30. The minimum atomic E-state index is 0.243. The van der Waals surface area contributed by atoms with Crippen LogP contribution in [0, 0.1) is 0 Å². The summed E-state index contributed by atoms with van der Waals surface area (Å²) in [6.45, 7) is 0.557. The number of methoxy groups -OCH3 is 1. The summed E-state index contributed by atoms with van der Waals surface area (Å²) >= 11 is 6.11. The molecule has 3 aromatic carbocycles. The molecule has 0 bridgehead atoms. The number of benzene rings is 3. The van der Waals surface area contributed by atoms with E-state index in [0.29, 0.717) is 29.1 Å². The Morgan fingerprint density at radius 2 is 1.72 bits per heavy atom. The van der Waals surface area contributed by atoms with Crippen molar-refractivity contribution in [1.82, 2.24) is 20.2 Å². The summed E-state index contributed by atoms with van der Waals surface area (Å²) in [6.07, 6.45) is 0. The Morgan fingerprint density at radius 3 is 2.53 bits per heavy atom. The molecule has 0 fully saturated rings. The molecule has 0 saturated carbocycles. The number of anilines is 1. The Balaban J connectivity index is 1.48. The summed E-state index contributed by atoms with van der Waals surface area (Å²) in [5.41, 5.74) is 2.60. The van der Waals surface area contributed by atoms with Crippen molar-refractivity contribution in [3.8, 4) is 28.9 Å². The molecule has 0 amide bonds. The number of para-hydroxylation sites is 1. The smallest absolute Gasteiger partial charge is 0.286 e. The van der Waals surface area contributed by atoms with Gasteiger partial charge in [0.2, 0.25) is 11.7 Å². The highest BCUT2D eigenvalue weighted by Crippen LogP contribution is 2.27. The molecule has 0 spiro atoms. The lowest BCUT2D eigenvalue weighted by molar-refractivity contribution is 0.415. The maximum absolute atomic E-state index is 6.11. The lowest BCUT2D eigenvalue weighted by atomic mass is 10.2. The van der Waals surface area contributed by atoms with Crippen LogP contribution in [0.1, 0.15) is 5.56 Å². The fourth-order valence-corrected chi connectivity index (χ4v) is 3.52. The molecule has 0 aliphatic carbocycles. The van der Waals surface area contributed by atoms with Crippen molar-refractivity contribution in [3.05, 3.63) is 83.4 Å². The van der Waals surface area contributed by atoms with Gasteiger partial charge in [-0.25, -0.2) is 9.97 Å². The quantitative estimate of drug-likeness (QED) is 0.364. The first kappa shape index (κ1) is 20.0. The molecule has 0 saturated heterocycles. The molecule has 5 aromatic rings. The van der Waals surface area contributed by atoms with Crippen molar-refractivity contribution < 1.29 is 9.15 Å². The van der Waals surface area contributed by atoms with Crippen LogP contribution < -0.4 is 10.1 Å². The second kappa shape index (κ2) is 8.64. The van der Waals surface area contributed by atoms with E-state index in [1.165, 1.54) is 0 Å². The van der Waals surface area contributed by atoms with Gasteiger partial charge in [-0.05, 0) is 54.1 Å². The first-order valence-electron chi connectivity index (χ1n) is 9.93. The molecule has 0 unspecified atom stereocenters. The topological polar surface area (TPSA) is 86.0 Å². The van der Waals surface area contributed by atoms with Gasteiger partial charge >= 0.3 is 0 Å². The number of hydrogen-bond donors (Lipinski definition) is 1. The van der Waals surface area contributed by atoms with E-state index in [2.05, 4.69) is 25.5 Å². The molecule has 158 valence electrons. The Bertz CT molecular complexity index is 1390. The summed E-state index contributed by atoms with van der Waals surface area (Å²) < 4.78 is 11.1. The molecule has 1 N–H and O–H groups in total. The van der Waals surface area contributed by atoms with E-state index in [0.717, 1.165) is 27.8 Å². The van der Waals surface area contributed by atoms with E-state index in [1.54, 1.807) is 7.11 Å². The molecule has 0 aliphatic heterocycles. The Morgan fingerprint density at radius 1 is 0.906 bits per heavy atom. The van der Waals surface area contributed by atoms with Crippen molar-refractivity contribution in [2.75, 3.05) is 12.4 Å². The van der Waals surface area contributed by atoms with Crippen LogP contribution in [0.3, 0.4) is 0 Å². The molecule has 2 aromatic heterocycles. The molecule has 8 heteroatoms. The van der Waals surface area contributed by atoms with Gasteiger partial charge < -0.3 is 14.5 Å². The number of nitrogens with one attached hydrogen (secondary N) is 1. The van der Waals surface area contributed by atoms with Crippen molar-refractivity contribution in [2.45, 2.75) is 6.54 Å². The maximum atomic E-state index is 6.11. The van der Waals surface area contributed by atoms with Crippen LogP contribution >= 0.6 is 11.6 Å². The van der Waals surface area contributed by atoms with Crippen molar-refractivity contribution in [1.29, 1.82) is 0 Å². The van der Waals surface area contributed by atoms with Gasteiger partial charge in [0.25, 0.3) is 5.89 Å².